The molecule has 2 unspecified atom stereocenters. The van der Waals surface area contributed by atoms with Crippen LogP contribution in [0.15, 0.2) is 18.2 Å². The van der Waals surface area contributed by atoms with Gasteiger partial charge in [0, 0.05) is 11.4 Å². The van der Waals surface area contributed by atoms with E-state index in [0.717, 1.165) is 18.4 Å². The molecule has 0 bridgehead atoms. The number of hydrogen-bond donors (Lipinski definition) is 1. The standard InChI is InChI=1S/C19H30FNO2S/c1-5-6-11-24(22)21-18(19(2,3)4)15-9-10-16(20)17(12-15)23-13-14-7-8-14/h9-10,12,14,18,21H,5-8,11,13H2,1-4H3. The van der Waals surface area contributed by atoms with Crippen LogP contribution < -0.4 is 9.46 Å². The van der Waals surface area contributed by atoms with Crippen molar-refractivity contribution in [2.24, 2.45) is 11.3 Å². The van der Waals surface area contributed by atoms with Crippen molar-refractivity contribution in [3.63, 3.8) is 0 Å². The van der Waals surface area contributed by atoms with Crippen molar-refractivity contribution in [1.29, 1.82) is 0 Å². The Labute approximate surface area is 148 Å². The van der Waals surface area contributed by atoms with Crippen molar-refractivity contribution in [3.8, 4) is 5.75 Å². The van der Waals surface area contributed by atoms with E-state index in [1.54, 1.807) is 12.1 Å². The molecule has 24 heavy (non-hydrogen) atoms. The third kappa shape index (κ3) is 5.94. The van der Waals surface area contributed by atoms with Crippen LogP contribution in [0, 0.1) is 17.2 Å². The second-order valence-electron chi connectivity index (χ2n) is 7.76. The van der Waals surface area contributed by atoms with Gasteiger partial charge >= 0.3 is 0 Å². The summed E-state index contributed by atoms with van der Waals surface area (Å²) in [7, 11) is 0. The van der Waals surface area contributed by atoms with Crippen LogP contribution in [0.5, 0.6) is 5.75 Å². The number of ether oxygens (including phenoxy) is 1. The maximum absolute atomic E-state index is 14.0. The van der Waals surface area contributed by atoms with Crippen molar-refractivity contribution < 1.29 is 13.7 Å². The van der Waals surface area contributed by atoms with Gasteiger partial charge < -0.3 is 9.29 Å². The molecule has 0 spiro atoms. The third-order valence-electron chi connectivity index (χ3n) is 4.26. The van der Waals surface area contributed by atoms with E-state index in [9.17, 15) is 8.94 Å². The van der Waals surface area contributed by atoms with E-state index < -0.39 is 11.4 Å². The van der Waals surface area contributed by atoms with Gasteiger partial charge in [-0.3, -0.25) is 0 Å². The molecular formula is C19H30FNO2S. The predicted octanol–water partition coefficient (Wildman–Crippen LogP) is 4.76. The summed E-state index contributed by atoms with van der Waals surface area (Å²) in [5.74, 6) is 1.18. The van der Waals surface area contributed by atoms with E-state index >= 15 is 0 Å². The second kappa shape index (κ2) is 8.54. The van der Waals surface area contributed by atoms with E-state index in [1.165, 1.54) is 18.9 Å². The Hall–Kier alpha value is -0.780. The molecule has 0 aromatic heterocycles. The molecular weight excluding hydrogens is 325 g/mol. The summed E-state index contributed by atoms with van der Waals surface area (Å²) in [6.45, 7) is 8.94. The van der Waals surface area contributed by atoms with Crippen LogP contribution in [0.25, 0.3) is 0 Å². The van der Waals surface area contributed by atoms with Gasteiger partial charge in [-0.05, 0) is 48.3 Å². The van der Waals surface area contributed by atoms with Crippen LogP contribution in [0.3, 0.4) is 0 Å². The second-order valence-corrected chi connectivity index (χ2v) is 9.10. The Balaban J connectivity index is 2.13. The molecule has 1 aliphatic rings. The molecule has 1 saturated carbocycles. The zero-order valence-corrected chi connectivity index (χ0v) is 16.0. The molecule has 0 aliphatic heterocycles. The third-order valence-corrected chi connectivity index (χ3v) is 5.42. The van der Waals surface area contributed by atoms with Gasteiger partial charge in [0.25, 0.3) is 0 Å². The maximum atomic E-state index is 14.0. The van der Waals surface area contributed by atoms with Gasteiger partial charge in [-0.2, -0.15) is 0 Å². The first-order valence-corrected chi connectivity index (χ1v) is 10.2. The first kappa shape index (κ1) is 19.5. The molecule has 0 radical (unpaired) electrons. The normalized spacial score (nSPS) is 17.6. The lowest BCUT2D eigenvalue weighted by Crippen LogP contribution is -2.37. The minimum Gasteiger partial charge on any atom is -0.598 e. The largest absolute Gasteiger partial charge is 0.598 e. The molecule has 1 fully saturated rings. The summed E-state index contributed by atoms with van der Waals surface area (Å²) in [4.78, 5) is 0. The van der Waals surface area contributed by atoms with Crippen LogP contribution in [0.4, 0.5) is 4.39 Å². The van der Waals surface area contributed by atoms with Gasteiger partial charge in [0.1, 0.15) is 5.75 Å². The molecule has 2 rings (SSSR count). The maximum Gasteiger partial charge on any atom is 0.165 e. The number of rotatable bonds is 9. The number of nitrogens with one attached hydrogen (secondary N) is 1. The average molecular weight is 356 g/mol. The summed E-state index contributed by atoms with van der Waals surface area (Å²) in [6.07, 6.45) is 4.28. The quantitative estimate of drug-likeness (QED) is 0.650. The van der Waals surface area contributed by atoms with Crippen molar-refractivity contribution in [2.45, 2.75) is 59.4 Å². The molecule has 1 N–H and O–H groups in total. The van der Waals surface area contributed by atoms with E-state index in [1.807, 2.05) is 0 Å². The molecule has 1 aromatic rings. The highest BCUT2D eigenvalue weighted by Gasteiger charge is 2.31. The SMILES string of the molecule is CCCC[S+]([O-])NC(c1ccc(F)c(OCC2CC2)c1)C(C)(C)C. The van der Waals surface area contributed by atoms with Crippen LogP contribution in [-0.2, 0) is 11.4 Å². The molecule has 0 heterocycles. The zero-order valence-electron chi connectivity index (χ0n) is 15.2. The van der Waals surface area contributed by atoms with Crippen molar-refractivity contribution in [2.75, 3.05) is 12.4 Å². The van der Waals surface area contributed by atoms with Crippen molar-refractivity contribution >= 4 is 11.4 Å². The summed E-state index contributed by atoms with van der Waals surface area (Å²) in [6, 6.07) is 4.85. The Kier molecular flexibility index (Phi) is 6.96. The van der Waals surface area contributed by atoms with Gasteiger partial charge in [-0.25, -0.2) is 4.39 Å². The Morgan fingerprint density at radius 2 is 2.08 bits per heavy atom. The molecule has 5 heteroatoms. The minimum atomic E-state index is -1.09. The van der Waals surface area contributed by atoms with Crippen molar-refractivity contribution in [3.05, 3.63) is 29.6 Å². The molecule has 0 amide bonds. The zero-order chi connectivity index (χ0) is 17.7. The van der Waals surface area contributed by atoms with Crippen LogP contribution >= 0.6 is 0 Å². The Morgan fingerprint density at radius 1 is 1.38 bits per heavy atom. The lowest BCUT2D eigenvalue weighted by molar-refractivity contribution is 0.280. The first-order chi connectivity index (χ1) is 11.3. The summed E-state index contributed by atoms with van der Waals surface area (Å²) < 4.78 is 35.2. The van der Waals surface area contributed by atoms with Gasteiger partial charge in [0.15, 0.2) is 11.6 Å². The number of halogens is 1. The Bertz CT molecular complexity index is 529. The van der Waals surface area contributed by atoms with E-state index in [2.05, 4.69) is 32.4 Å². The smallest absolute Gasteiger partial charge is 0.165 e. The number of benzene rings is 1. The highest BCUT2D eigenvalue weighted by atomic mass is 32.2. The average Bonchev–Trinajstić information content (AvgIpc) is 3.33. The van der Waals surface area contributed by atoms with Gasteiger partial charge in [0.2, 0.25) is 0 Å². The molecule has 3 nitrogen and oxygen atoms in total. The summed E-state index contributed by atoms with van der Waals surface area (Å²) in [5, 5.41) is 0. The number of hydrogen-bond acceptors (Lipinski definition) is 3. The topological polar surface area (TPSA) is 44.3 Å². The van der Waals surface area contributed by atoms with Crippen LogP contribution in [0.1, 0.15) is 65.0 Å². The minimum absolute atomic E-state index is 0.126. The van der Waals surface area contributed by atoms with Gasteiger partial charge in [-0.15, -0.1) is 4.72 Å². The van der Waals surface area contributed by atoms with E-state index in [4.69, 9.17) is 4.74 Å². The van der Waals surface area contributed by atoms with E-state index in [0.29, 0.717) is 24.0 Å². The van der Waals surface area contributed by atoms with Gasteiger partial charge in [0.05, 0.1) is 12.6 Å². The summed E-state index contributed by atoms with van der Waals surface area (Å²) in [5.41, 5.74) is 0.771. The molecule has 1 aromatic carbocycles. The molecule has 1 aliphatic carbocycles. The predicted molar refractivity (Wildman–Crippen MR) is 97.9 cm³/mol. The lowest BCUT2D eigenvalue weighted by Gasteiger charge is -2.32. The van der Waals surface area contributed by atoms with E-state index in [-0.39, 0.29) is 17.3 Å². The highest BCUT2D eigenvalue weighted by molar-refractivity contribution is 7.89. The lowest BCUT2D eigenvalue weighted by atomic mass is 9.83. The Morgan fingerprint density at radius 3 is 2.67 bits per heavy atom. The first-order valence-electron chi connectivity index (χ1n) is 8.88. The summed E-state index contributed by atoms with van der Waals surface area (Å²) >= 11 is -1.09. The number of unbranched alkanes of at least 4 members (excludes halogenated alkanes) is 1. The fourth-order valence-corrected chi connectivity index (χ4v) is 3.93. The fraction of sp³-hybridized carbons (Fsp3) is 0.684. The molecule has 0 saturated heterocycles. The molecule has 136 valence electrons. The van der Waals surface area contributed by atoms with Crippen LogP contribution in [0.2, 0.25) is 0 Å². The van der Waals surface area contributed by atoms with Crippen LogP contribution in [-0.4, -0.2) is 16.9 Å². The monoisotopic (exact) mass is 355 g/mol. The highest BCUT2D eigenvalue weighted by Crippen LogP contribution is 2.36. The van der Waals surface area contributed by atoms with Crippen molar-refractivity contribution in [1.82, 2.24) is 4.72 Å². The fourth-order valence-electron chi connectivity index (χ4n) is 2.51. The van der Waals surface area contributed by atoms with Gasteiger partial charge in [-0.1, -0.05) is 40.2 Å². The molecule has 2 atom stereocenters.